The predicted octanol–water partition coefficient (Wildman–Crippen LogP) is 0.410. The summed E-state index contributed by atoms with van der Waals surface area (Å²) >= 11 is 0. The zero-order valence-electron chi connectivity index (χ0n) is 8.27. The van der Waals surface area contributed by atoms with E-state index in [1.54, 1.807) is 0 Å². The van der Waals surface area contributed by atoms with Crippen LogP contribution >= 0.6 is 0 Å². The van der Waals surface area contributed by atoms with Crippen molar-refractivity contribution in [1.82, 2.24) is 9.99 Å². The minimum Gasteiger partial charge on any atom is -0.337 e. The maximum absolute atomic E-state index is 11.3. The number of nitro groups is 1. The summed E-state index contributed by atoms with van der Waals surface area (Å²) in [5, 5.41) is 10.5. The number of nitrogens with zero attached hydrogens (tertiary/aromatic N) is 2. The fourth-order valence-corrected chi connectivity index (χ4v) is 1.29. The van der Waals surface area contributed by atoms with Gasteiger partial charge in [-0.2, -0.15) is 0 Å². The number of carbonyl (C=O) groups excluding carboxylic acids is 1. The molecular weight excluding hydrogens is 200 g/mol. The van der Waals surface area contributed by atoms with Gasteiger partial charge in [0.25, 0.3) is 11.6 Å². The first-order valence-corrected chi connectivity index (χ1v) is 4.45. The number of aryl methyl sites for hydroxylation is 1. The van der Waals surface area contributed by atoms with Crippen molar-refractivity contribution in [2.45, 2.75) is 19.9 Å². The molecule has 0 fully saturated rings. The summed E-state index contributed by atoms with van der Waals surface area (Å²) in [5.74, 6) is 4.44. The lowest BCUT2D eigenvalue weighted by atomic mass is 10.4. The fraction of sp³-hybridized carbons (Fsp3) is 0.375. The molecule has 1 heterocycles. The number of nitrogens with two attached hydrogens (primary N) is 1. The summed E-state index contributed by atoms with van der Waals surface area (Å²) in [5.41, 5.74) is 2.04. The highest BCUT2D eigenvalue weighted by molar-refractivity contribution is 5.93. The molecule has 0 saturated heterocycles. The van der Waals surface area contributed by atoms with E-state index in [1.807, 2.05) is 12.3 Å². The van der Waals surface area contributed by atoms with E-state index >= 15 is 0 Å². The lowest BCUT2D eigenvalue weighted by Crippen LogP contribution is -2.31. The number of rotatable bonds is 4. The van der Waals surface area contributed by atoms with Crippen molar-refractivity contribution >= 4 is 11.6 Å². The monoisotopic (exact) mass is 212 g/mol. The minimum absolute atomic E-state index is 0.109. The average Bonchev–Trinajstić information content (AvgIpc) is 2.61. The number of amides is 1. The van der Waals surface area contributed by atoms with Crippen LogP contribution in [0.15, 0.2) is 12.3 Å². The largest absolute Gasteiger partial charge is 0.337 e. The van der Waals surface area contributed by atoms with E-state index < -0.39 is 10.8 Å². The van der Waals surface area contributed by atoms with E-state index in [0.29, 0.717) is 6.54 Å². The summed E-state index contributed by atoms with van der Waals surface area (Å²) in [6.45, 7) is 2.45. The van der Waals surface area contributed by atoms with Crippen molar-refractivity contribution in [3.8, 4) is 0 Å². The highest BCUT2D eigenvalue weighted by atomic mass is 16.6. The van der Waals surface area contributed by atoms with Gasteiger partial charge in [-0.05, 0) is 6.42 Å². The van der Waals surface area contributed by atoms with Crippen LogP contribution in [0.25, 0.3) is 0 Å². The predicted molar refractivity (Wildman–Crippen MR) is 53.0 cm³/mol. The van der Waals surface area contributed by atoms with E-state index in [-0.39, 0.29) is 11.4 Å². The number of hydrogen-bond donors (Lipinski definition) is 2. The first-order valence-electron chi connectivity index (χ1n) is 4.45. The Morgan fingerprint density at radius 1 is 1.73 bits per heavy atom. The molecule has 0 unspecified atom stereocenters. The van der Waals surface area contributed by atoms with E-state index in [9.17, 15) is 14.9 Å². The van der Waals surface area contributed by atoms with E-state index in [1.165, 1.54) is 16.8 Å². The van der Waals surface area contributed by atoms with Crippen molar-refractivity contribution in [2.24, 2.45) is 5.84 Å². The van der Waals surface area contributed by atoms with Gasteiger partial charge in [-0.15, -0.1) is 0 Å². The van der Waals surface area contributed by atoms with Crippen molar-refractivity contribution < 1.29 is 9.72 Å². The molecule has 0 radical (unpaired) electrons. The van der Waals surface area contributed by atoms with Gasteiger partial charge < -0.3 is 4.57 Å². The van der Waals surface area contributed by atoms with Gasteiger partial charge in [0, 0.05) is 12.6 Å². The Bertz CT molecular complexity index is 385. The van der Waals surface area contributed by atoms with Crippen molar-refractivity contribution in [3.05, 3.63) is 28.1 Å². The minimum atomic E-state index is -0.542. The van der Waals surface area contributed by atoms with E-state index in [0.717, 1.165) is 6.42 Å². The summed E-state index contributed by atoms with van der Waals surface area (Å²) in [4.78, 5) is 21.2. The molecule has 0 saturated carbocycles. The third-order valence-electron chi connectivity index (χ3n) is 1.92. The molecule has 15 heavy (non-hydrogen) atoms. The highest BCUT2D eigenvalue weighted by Crippen LogP contribution is 2.16. The normalized spacial score (nSPS) is 10.0. The zero-order chi connectivity index (χ0) is 11.4. The average molecular weight is 212 g/mol. The fourth-order valence-electron chi connectivity index (χ4n) is 1.29. The molecule has 0 aliphatic heterocycles. The maximum Gasteiger partial charge on any atom is 0.287 e. The molecule has 7 nitrogen and oxygen atoms in total. The van der Waals surface area contributed by atoms with E-state index in [4.69, 9.17) is 5.84 Å². The second-order valence-corrected chi connectivity index (χ2v) is 3.01. The molecule has 1 rings (SSSR count). The number of nitrogen functional groups attached to an aromatic ring is 1. The molecule has 0 aliphatic rings. The van der Waals surface area contributed by atoms with Crippen LogP contribution in [-0.4, -0.2) is 15.4 Å². The van der Waals surface area contributed by atoms with Crippen LogP contribution in [0.4, 0.5) is 5.69 Å². The quantitative estimate of drug-likeness (QED) is 0.326. The molecule has 1 aromatic heterocycles. The molecule has 0 atom stereocenters. The van der Waals surface area contributed by atoms with Gasteiger partial charge in [0.1, 0.15) is 5.69 Å². The summed E-state index contributed by atoms with van der Waals surface area (Å²) in [7, 11) is 0. The zero-order valence-corrected chi connectivity index (χ0v) is 8.27. The van der Waals surface area contributed by atoms with Gasteiger partial charge in [0.15, 0.2) is 0 Å². The number of carbonyl (C=O) groups is 1. The number of nitrogens with one attached hydrogen (secondary N) is 1. The molecule has 3 N–H and O–H groups in total. The maximum atomic E-state index is 11.3. The molecule has 0 aliphatic carbocycles. The Morgan fingerprint density at radius 3 is 2.87 bits per heavy atom. The topological polar surface area (TPSA) is 103 Å². The van der Waals surface area contributed by atoms with Gasteiger partial charge in [-0.1, -0.05) is 6.92 Å². The molecule has 1 aromatic rings. The lowest BCUT2D eigenvalue weighted by molar-refractivity contribution is -0.384. The van der Waals surface area contributed by atoms with Crippen LogP contribution in [0.5, 0.6) is 0 Å². The second-order valence-electron chi connectivity index (χ2n) is 3.01. The molecule has 0 spiro atoms. The SMILES string of the molecule is CCCn1cc([N+](=O)[O-])cc1C(=O)NN. The Labute approximate surface area is 86.0 Å². The van der Waals surface area contributed by atoms with Crippen LogP contribution in [0.3, 0.4) is 0 Å². The number of hydrazine groups is 1. The molecule has 0 aromatic carbocycles. The Kier molecular flexibility index (Phi) is 3.40. The summed E-state index contributed by atoms with van der Waals surface area (Å²) < 4.78 is 1.51. The number of aromatic nitrogens is 1. The van der Waals surface area contributed by atoms with Gasteiger partial charge in [-0.3, -0.25) is 20.3 Å². The van der Waals surface area contributed by atoms with Gasteiger partial charge >= 0.3 is 0 Å². The lowest BCUT2D eigenvalue weighted by Gasteiger charge is -2.04. The Morgan fingerprint density at radius 2 is 2.40 bits per heavy atom. The summed E-state index contributed by atoms with van der Waals surface area (Å²) in [6, 6.07) is 1.21. The molecule has 0 bridgehead atoms. The van der Waals surface area contributed by atoms with Gasteiger partial charge in [0.05, 0.1) is 11.1 Å². The van der Waals surface area contributed by atoms with Crippen LogP contribution in [0, 0.1) is 10.1 Å². The molecule has 7 heteroatoms. The van der Waals surface area contributed by atoms with E-state index in [2.05, 4.69) is 0 Å². The van der Waals surface area contributed by atoms with Crippen molar-refractivity contribution in [3.63, 3.8) is 0 Å². The van der Waals surface area contributed by atoms with Crippen LogP contribution in [-0.2, 0) is 6.54 Å². The number of hydrogen-bond acceptors (Lipinski definition) is 4. The third-order valence-corrected chi connectivity index (χ3v) is 1.92. The van der Waals surface area contributed by atoms with Crippen LogP contribution in [0.2, 0.25) is 0 Å². The Balaban J connectivity index is 3.11. The van der Waals surface area contributed by atoms with Crippen molar-refractivity contribution in [1.29, 1.82) is 0 Å². The first-order chi connectivity index (χ1) is 7.10. The third kappa shape index (κ3) is 2.32. The molecule has 1 amide bonds. The van der Waals surface area contributed by atoms with Gasteiger partial charge in [0.2, 0.25) is 0 Å². The second kappa shape index (κ2) is 4.56. The molecule has 82 valence electrons. The smallest absolute Gasteiger partial charge is 0.287 e. The summed E-state index contributed by atoms with van der Waals surface area (Å²) in [6.07, 6.45) is 2.10. The van der Waals surface area contributed by atoms with Crippen LogP contribution < -0.4 is 11.3 Å². The van der Waals surface area contributed by atoms with Crippen molar-refractivity contribution in [2.75, 3.05) is 0 Å². The molecular formula is C8H12N4O3. The first kappa shape index (κ1) is 11.2. The van der Waals surface area contributed by atoms with Crippen LogP contribution in [0.1, 0.15) is 23.8 Å². The highest BCUT2D eigenvalue weighted by Gasteiger charge is 2.17. The Hall–Kier alpha value is -1.89. The standard InChI is InChI=1S/C8H12N4O3/c1-2-3-11-5-6(12(14)15)4-7(11)8(13)10-9/h4-5H,2-3,9H2,1H3,(H,10,13). The van der Waals surface area contributed by atoms with Gasteiger partial charge in [-0.25, -0.2) is 5.84 Å².